The molecule has 1 fully saturated rings. The smallest absolute Gasteiger partial charge is 0.320 e. The molecule has 0 aliphatic heterocycles. The molecule has 0 saturated heterocycles. The van der Waals surface area contributed by atoms with E-state index in [4.69, 9.17) is 10.8 Å². The third kappa shape index (κ3) is 5.07. The molecule has 0 aromatic rings. The molecular formula is C13H23N3O4. The van der Waals surface area contributed by atoms with E-state index in [9.17, 15) is 14.4 Å². The van der Waals surface area contributed by atoms with E-state index in [2.05, 4.69) is 0 Å². The van der Waals surface area contributed by atoms with Gasteiger partial charge in [-0.05, 0) is 19.3 Å². The van der Waals surface area contributed by atoms with Crippen molar-refractivity contribution in [1.82, 2.24) is 9.80 Å². The fraction of sp³-hybridized carbons (Fsp3) is 0.769. The summed E-state index contributed by atoms with van der Waals surface area (Å²) in [7, 11) is 1.62. The van der Waals surface area contributed by atoms with E-state index < -0.39 is 11.9 Å². The van der Waals surface area contributed by atoms with Crippen LogP contribution in [-0.2, 0) is 9.59 Å². The highest BCUT2D eigenvalue weighted by molar-refractivity contribution is 5.83. The molecule has 1 rings (SSSR count). The molecule has 0 aromatic heterocycles. The van der Waals surface area contributed by atoms with Crippen molar-refractivity contribution in [2.24, 2.45) is 5.73 Å². The Morgan fingerprint density at radius 3 is 2.35 bits per heavy atom. The number of nitrogens with two attached hydrogens (primary N) is 1. The molecule has 114 valence electrons. The summed E-state index contributed by atoms with van der Waals surface area (Å²) in [6, 6.07) is -0.182. The first-order valence-electron chi connectivity index (χ1n) is 6.93. The monoisotopic (exact) mass is 285 g/mol. The minimum absolute atomic E-state index is 0.0247. The Balaban J connectivity index is 2.56. The van der Waals surface area contributed by atoms with Crippen LogP contribution < -0.4 is 5.73 Å². The van der Waals surface area contributed by atoms with Crippen molar-refractivity contribution in [2.45, 2.75) is 44.6 Å². The van der Waals surface area contributed by atoms with Crippen molar-refractivity contribution in [3.63, 3.8) is 0 Å². The number of carboxylic acids is 1. The number of carbonyl (C=O) groups is 3. The number of carbonyl (C=O) groups excluding carboxylic acids is 2. The first-order chi connectivity index (χ1) is 9.41. The van der Waals surface area contributed by atoms with Crippen molar-refractivity contribution in [3.8, 4) is 0 Å². The van der Waals surface area contributed by atoms with Crippen molar-refractivity contribution >= 4 is 17.9 Å². The van der Waals surface area contributed by atoms with Gasteiger partial charge in [0.15, 0.2) is 0 Å². The summed E-state index contributed by atoms with van der Waals surface area (Å²) in [4.78, 5) is 36.9. The third-order valence-corrected chi connectivity index (χ3v) is 3.55. The lowest BCUT2D eigenvalue weighted by Crippen LogP contribution is -2.49. The number of hydrogen-bond acceptors (Lipinski definition) is 3. The van der Waals surface area contributed by atoms with E-state index >= 15 is 0 Å². The van der Waals surface area contributed by atoms with Crippen LogP contribution in [0.5, 0.6) is 0 Å². The number of aliphatic carboxylic acids is 1. The van der Waals surface area contributed by atoms with Gasteiger partial charge in [0.1, 0.15) is 6.54 Å². The van der Waals surface area contributed by atoms with E-state index in [1.54, 1.807) is 7.05 Å². The van der Waals surface area contributed by atoms with Gasteiger partial charge in [-0.1, -0.05) is 12.8 Å². The Labute approximate surface area is 118 Å². The summed E-state index contributed by atoms with van der Waals surface area (Å²) in [6.45, 7) is 0.278. The Bertz CT molecular complexity index is 367. The largest absolute Gasteiger partial charge is 0.481 e. The van der Waals surface area contributed by atoms with Crippen LogP contribution in [-0.4, -0.2) is 59.0 Å². The van der Waals surface area contributed by atoms with Crippen LogP contribution in [0.1, 0.15) is 38.5 Å². The maximum Gasteiger partial charge on any atom is 0.320 e. The minimum Gasteiger partial charge on any atom is -0.481 e. The topological polar surface area (TPSA) is 104 Å². The van der Waals surface area contributed by atoms with Crippen LogP contribution in [0.2, 0.25) is 0 Å². The predicted octanol–water partition coefficient (Wildman–Crippen LogP) is 0.633. The molecule has 1 aliphatic carbocycles. The maximum absolute atomic E-state index is 12.3. The highest BCUT2D eigenvalue weighted by Gasteiger charge is 2.29. The van der Waals surface area contributed by atoms with Gasteiger partial charge >= 0.3 is 12.0 Å². The number of carboxylic acid groups (broad SMARTS) is 1. The molecule has 0 spiro atoms. The lowest BCUT2D eigenvalue weighted by atomic mass is 10.2. The van der Waals surface area contributed by atoms with Gasteiger partial charge in [0.2, 0.25) is 5.91 Å². The van der Waals surface area contributed by atoms with Crippen molar-refractivity contribution in [3.05, 3.63) is 0 Å². The lowest BCUT2D eigenvalue weighted by molar-refractivity contribution is -0.137. The Morgan fingerprint density at radius 2 is 1.85 bits per heavy atom. The van der Waals surface area contributed by atoms with Gasteiger partial charge in [0, 0.05) is 26.1 Å². The number of hydrogen-bond donors (Lipinski definition) is 2. The van der Waals surface area contributed by atoms with Gasteiger partial charge in [-0.2, -0.15) is 0 Å². The van der Waals surface area contributed by atoms with E-state index in [-0.39, 0.29) is 25.0 Å². The average Bonchev–Trinajstić information content (AvgIpc) is 2.87. The second kappa shape index (κ2) is 7.72. The van der Waals surface area contributed by atoms with Gasteiger partial charge in [-0.3, -0.25) is 9.59 Å². The zero-order valence-corrected chi connectivity index (χ0v) is 11.9. The molecule has 0 heterocycles. The Hall–Kier alpha value is -1.79. The van der Waals surface area contributed by atoms with Gasteiger partial charge in [0.25, 0.3) is 0 Å². The van der Waals surface area contributed by atoms with E-state index in [0.29, 0.717) is 13.0 Å². The van der Waals surface area contributed by atoms with Crippen LogP contribution in [0.4, 0.5) is 4.79 Å². The summed E-state index contributed by atoms with van der Waals surface area (Å²) in [5, 5.41) is 8.59. The zero-order chi connectivity index (χ0) is 15.1. The average molecular weight is 285 g/mol. The summed E-state index contributed by atoms with van der Waals surface area (Å²) in [6.07, 6.45) is 4.30. The number of rotatable bonds is 7. The molecule has 1 aliphatic rings. The molecule has 3 amide bonds. The number of urea groups is 1. The molecule has 0 unspecified atom stereocenters. The quantitative estimate of drug-likeness (QED) is 0.716. The van der Waals surface area contributed by atoms with Crippen LogP contribution >= 0.6 is 0 Å². The number of nitrogens with zero attached hydrogens (tertiary/aromatic N) is 2. The van der Waals surface area contributed by atoms with Gasteiger partial charge in [0.05, 0.1) is 0 Å². The van der Waals surface area contributed by atoms with Crippen LogP contribution in [0, 0.1) is 0 Å². The molecular weight excluding hydrogens is 262 g/mol. The van der Waals surface area contributed by atoms with Crippen molar-refractivity contribution in [1.29, 1.82) is 0 Å². The molecule has 0 atom stereocenters. The molecule has 7 heteroatoms. The normalized spacial score (nSPS) is 15.1. The predicted molar refractivity (Wildman–Crippen MR) is 73.1 cm³/mol. The SMILES string of the molecule is CN(CCCC(=O)O)C(=O)N(CC(N)=O)C1CCCC1. The minimum atomic E-state index is -0.879. The zero-order valence-electron chi connectivity index (χ0n) is 11.9. The summed E-state index contributed by atoms with van der Waals surface area (Å²) >= 11 is 0. The number of amides is 3. The highest BCUT2D eigenvalue weighted by Crippen LogP contribution is 2.24. The fourth-order valence-electron chi connectivity index (χ4n) is 2.52. The van der Waals surface area contributed by atoms with E-state index in [1.165, 1.54) is 9.80 Å². The first-order valence-corrected chi connectivity index (χ1v) is 6.93. The van der Waals surface area contributed by atoms with E-state index in [0.717, 1.165) is 25.7 Å². The van der Waals surface area contributed by atoms with Crippen LogP contribution in [0.15, 0.2) is 0 Å². The summed E-state index contributed by atoms with van der Waals surface area (Å²) < 4.78 is 0. The van der Waals surface area contributed by atoms with Crippen LogP contribution in [0.25, 0.3) is 0 Å². The second-order valence-electron chi connectivity index (χ2n) is 5.23. The Morgan fingerprint density at radius 1 is 1.25 bits per heavy atom. The lowest BCUT2D eigenvalue weighted by Gasteiger charge is -2.32. The van der Waals surface area contributed by atoms with Gasteiger partial charge in [-0.25, -0.2) is 4.79 Å². The molecule has 0 aromatic carbocycles. The Kier molecular flexibility index (Phi) is 6.27. The van der Waals surface area contributed by atoms with Crippen molar-refractivity contribution in [2.75, 3.05) is 20.1 Å². The molecule has 7 nitrogen and oxygen atoms in total. The molecule has 20 heavy (non-hydrogen) atoms. The summed E-state index contributed by atoms with van der Waals surface area (Å²) in [5.41, 5.74) is 5.21. The second-order valence-corrected chi connectivity index (χ2v) is 5.23. The molecule has 0 bridgehead atoms. The van der Waals surface area contributed by atoms with Crippen LogP contribution in [0.3, 0.4) is 0 Å². The van der Waals surface area contributed by atoms with E-state index in [1.807, 2.05) is 0 Å². The molecule has 3 N–H and O–H groups in total. The highest BCUT2D eigenvalue weighted by atomic mass is 16.4. The standard InChI is InChI=1S/C13H23N3O4/c1-15(8-4-7-12(18)19)13(20)16(9-11(14)17)10-5-2-3-6-10/h10H,2-9H2,1H3,(H2,14,17)(H,18,19). The molecule has 1 saturated carbocycles. The van der Waals surface area contributed by atoms with Gasteiger partial charge < -0.3 is 20.6 Å². The molecule has 0 radical (unpaired) electrons. The third-order valence-electron chi connectivity index (χ3n) is 3.55. The van der Waals surface area contributed by atoms with Gasteiger partial charge in [-0.15, -0.1) is 0 Å². The summed E-state index contributed by atoms with van der Waals surface area (Å²) in [5.74, 6) is -1.40. The first kappa shape index (κ1) is 16.3. The number of primary amides is 1. The van der Waals surface area contributed by atoms with Crippen molar-refractivity contribution < 1.29 is 19.5 Å². The maximum atomic E-state index is 12.3. The fourth-order valence-corrected chi connectivity index (χ4v) is 2.52.